The zero-order chi connectivity index (χ0) is 12.9. The van der Waals surface area contributed by atoms with Crippen LogP contribution in [0.15, 0.2) is 0 Å². The second-order valence-electron chi connectivity index (χ2n) is 8.02. The summed E-state index contributed by atoms with van der Waals surface area (Å²) in [7, 11) is 0. The molecular weight excluding hydrogens is 228 g/mol. The lowest BCUT2D eigenvalue weighted by Gasteiger charge is -2.26. The van der Waals surface area contributed by atoms with Gasteiger partial charge in [-0.1, -0.05) is 77.0 Å². The van der Waals surface area contributed by atoms with E-state index in [0.717, 1.165) is 23.7 Å². The fourth-order valence-electron chi connectivity index (χ4n) is 5.40. The summed E-state index contributed by atoms with van der Waals surface area (Å²) in [5, 5.41) is 0. The van der Waals surface area contributed by atoms with Gasteiger partial charge in [-0.15, -0.1) is 0 Å². The highest BCUT2D eigenvalue weighted by Crippen LogP contribution is 2.42. The second kappa shape index (κ2) is 7.14. The van der Waals surface area contributed by atoms with Gasteiger partial charge in [0.25, 0.3) is 0 Å². The van der Waals surface area contributed by atoms with Gasteiger partial charge in [0.15, 0.2) is 0 Å². The van der Waals surface area contributed by atoms with Gasteiger partial charge in [0.1, 0.15) is 0 Å². The fraction of sp³-hybridized carbons (Fsp3) is 1.00. The Morgan fingerprint density at radius 2 is 0.842 bits per heavy atom. The van der Waals surface area contributed by atoms with E-state index in [9.17, 15) is 0 Å². The Balaban J connectivity index is 1.37. The van der Waals surface area contributed by atoms with Crippen molar-refractivity contribution < 1.29 is 0 Å². The van der Waals surface area contributed by atoms with E-state index in [4.69, 9.17) is 0 Å². The van der Waals surface area contributed by atoms with Gasteiger partial charge in [0, 0.05) is 0 Å². The quantitative estimate of drug-likeness (QED) is 0.554. The lowest BCUT2D eigenvalue weighted by atomic mass is 9.80. The molecule has 0 saturated heterocycles. The predicted molar refractivity (Wildman–Crippen MR) is 83.2 cm³/mol. The maximum atomic E-state index is 1.60. The minimum Gasteiger partial charge on any atom is -0.0533 e. The van der Waals surface area contributed by atoms with Crippen LogP contribution < -0.4 is 0 Å². The first-order chi connectivity index (χ1) is 9.40. The Bertz CT molecular complexity index is 219. The van der Waals surface area contributed by atoms with Gasteiger partial charge in [-0.3, -0.25) is 0 Å². The van der Waals surface area contributed by atoms with Gasteiger partial charge in [0.05, 0.1) is 0 Å². The van der Waals surface area contributed by atoms with Crippen molar-refractivity contribution in [3.63, 3.8) is 0 Å². The standard InChI is InChI=1S/C19H34/c1-3-7-16(8-4-1)13-18-11-12-19(15-18)14-17-9-5-2-6-10-17/h16-19H,1-15H2. The third kappa shape index (κ3) is 4.23. The van der Waals surface area contributed by atoms with Crippen LogP contribution in [0.25, 0.3) is 0 Å². The Morgan fingerprint density at radius 3 is 1.26 bits per heavy atom. The molecule has 0 radical (unpaired) electrons. The summed E-state index contributed by atoms with van der Waals surface area (Å²) >= 11 is 0. The van der Waals surface area contributed by atoms with Crippen LogP contribution in [-0.2, 0) is 0 Å². The van der Waals surface area contributed by atoms with E-state index in [1.165, 1.54) is 38.5 Å². The molecule has 3 saturated carbocycles. The molecule has 0 aliphatic heterocycles. The van der Waals surface area contributed by atoms with Gasteiger partial charge in [-0.2, -0.15) is 0 Å². The summed E-state index contributed by atoms with van der Waals surface area (Å²) < 4.78 is 0. The molecule has 0 amide bonds. The highest BCUT2D eigenvalue weighted by atomic mass is 14.3. The van der Waals surface area contributed by atoms with E-state index < -0.39 is 0 Å². The van der Waals surface area contributed by atoms with Crippen LogP contribution in [-0.4, -0.2) is 0 Å². The van der Waals surface area contributed by atoms with Crippen LogP contribution in [0.5, 0.6) is 0 Å². The predicted octanol–water partition coefficient (Wildman–Crippen LogP) is 6.34. The van der Waals surface area contributed by atoms with E-state index in [0.29, 0.717) is 0 Å². The molecule has 0 N–H and O–H groups in total. The first-order valence-corrected chi connectivity index (χ1v) is 9.40. The Morgan fingerprint density at radius 1 is 0.421 bits per heavy atom. The normalized spacial score (nSPS) is 34.7. The van der Waals surface area contributed by atoms with Crippen molar-refractivity contribution in [2.45, 2.75) is 96.3 Å². The molecule has 19 heavy (non-hydrogen) atoms. The lowest BCUT2D eigenvalue weighted by molar-refractivity contribution is 0.266. The largest absolute Gasteiger partial charge is 0.0533 e. The van der Waals surface area contributed by atoms with E-state index in [-0.39, 0.29) is 0 Å². The van der Waals surface area contributed by atoms with E-state index in [1.54, 1.807) is 57.8 Å². The smallest absolute Gasteiger partial charge is 0.0409 e. The summed E-state index contributed by atoms with van der Waals surface area (Å²) in [6, 6.07) is 0. The molecular formula is C19H34. The summed E-state index contributed by atoms with van der Waals surface area (Å²) in [6.07, 6.45) is 23.4. The van der Waals surface area contributed by atoms with Crippen LogP contribution in [0.4, 0.5) is 0 Å². The molecule has 3 rings (SSSR count). The SMILES string of the molecule is C1CCC(CC2CCC(CC3CCCCC3)C2)CC1. The topological polar surface area (TPSA) is 0 Å². The van der Waals surface area contributed by atoms with E-state index in [2.05, 4.69) is 0 Å². The summed E-state index contributed by atoms with van der Waals surface area (Å²) in [5.41, 5.74) is 0. The summed E-state index contributed by atoms with van der Waals surface area (Å²) in [6.45, 7) is 0. The van der Waals surface area contributed by atoms with Gasteiger partial charge in [-0.25, -0.2) is 0 Å². The molecule has 3 fully saturated rings. The molecule has 2 unspecified atom stereocenters. The molecule has 0 aromatic carbocycles. The summed E-state index contributed by atoms with van der Waals surface area (Å²) in [5.74, 6) is 4.48. The van der Waals surface area contributed by atoms with Crippen molar-refractivity contribution in [3.8, 4) is 0 Å². The van der Waals surface area contributed by atoms with Crippen molar-refractivity contribution in [2.24, 2.45) is 23.7 Å². The molecule has 3 aliphatic carbocycles. The average Bonchev–Trinajstić information content (AvgIpc) is 2.88. The second-order valence-corrected chi connectivity index (χ2v) is 8.02. The Hall–Kier alpha value is 0. The molecule has 0 nitrogen and oxygen atoms in total. The molecule has 0 spiro atoms. The van der Waals surface area contributed by atoms with Crippen LogP contribution in [0.2, 0.25) is 0 Å². The van der Waals surface area contributed by atoms with E-state index >= 15 is 0 Å². The molecule has 2 atom stereocenters. The zero-order valence-corrected chi connectivity index (χ0v) is 12.9. The van der Waals surface area contributed by atoms with Crippen molar-refractivity contribution in [3.05, 3.63) is 0 Å². The van der Waals surface area contributed by atoms with Gasteiger partial charge in [-0.05, 0) is 42.9 Å². The van der Waals surface area contributed by atoms with Crippen LogP contribution in [0.1, 0.15) is 96.3 Å². The van der Waals surface area contributed by atoms with Crippen molar-refractivity contribution in [2.75, 3.05) is 0 Å². The molecule has 0 bridgehead atoms. The molecule has 0 aromatic rings. The fourth-order valence-corrected chi connectivity index (χ4v) is 5.40. The molecule has 0 aromatic heterocycles. The third-order valence-electron chi connectivity index (χ3n) is 6.43. The number of hydrogen-bond donors (Lipinski definition) is 0. The Kier molecular flexibility index (Phi) is 5.24. The van der Waals surface area contributed by atoms with Gasteiger partial charge >= 0.3 is 0 Å². The average molecular weight is 262 g/mol. The highest BCUT2D eigenvalue weighted by molar-refractivity contribution is 4.81. The molecule has 0 heterocycles. The minimum absolute atomic E-state index is 1.12. The molecule has 0 heteroatoms. The summed E-state index contributed by atoms with van der Waals surface area (Å²) in [4.78, 5) is 0. The maximum Gasteiger partial charge on any atom is -0.0409 e. The first-order valence-electron chi connectivity index (χ1n) is 9.40. The van der Waals surface area contributed by atoms with Crippen molar-refractivity contribution in [1.29, 1.82) is 0 Å². The van der Waals surface area contributed by atoms with Gasteiger partial charge in [0.2, 0.25) is 0 Å². The van der Waals surface area contributed by atoms with Crippen LogP contribution >= 0.6 is 0 Å². The van der Waals surface area contributed by atoms with Crippen molar-refractivity contribution in [1.82, 2.24) is 0 Å². The van der Waals surface area contributed by atoms with Gasteiger partial charge < -0.3 is 0 Å². The third-order valence-corrected chi connectivity index (χ3v) is 6.43. The maximum absolute atomic E-state index is 1.60. The monoisotopic (exact) mass is 262 g/mol. The van der Waals surface area contributed by atoms with Crippen LogP contribution in [0, 0.1) is 23.7 Å². The molecule has 3 aliphatic rings. The zero-order valence-electron chi connectivity index (χ0n) is 12.9. The number of hydrogen-bond acceptors (Lipinski definition) is 0. The first kappa shape index (κ1) is 14.0. The highest BCUT2D eigenvalue weighted by Gasteiger charge is 2.29. The lowest BCUT2D eigenvalue weighted by Crippen LogP contribution is -2.12. The minimum atomic E-state index is 1.12. The molecule has 110 valence electrons. The van der Waals surface area contributed by atoms with E-state index in [1.807, 2.05) is 0 Å². The van der Waals surface area contributed by atoms with Crippen molar-refractivity contribution >= 4 is 0 Å². The van der Waals surface area contributed by atoms with Crippen LogP contribution in [0.3, 0.4) is 0 Å². The number of rotatable bonds is 4. The Labute approximate surface area is 120 Å².